The molecule has 0 aliphatic carbocycles. The van der Waals surface area contributed by atoms with Crippen LogP contribution in [0.15, 0.2) is 72.8 Å². The van der Waals surface area contributed by atoms with Gasteiger partial charge in [-0.3, -0.25) is 10.1 Å². The van der Waals surface area contributed by atoms with Crippen LogP contribution in [-0.2, 0) is 12.8 Å². The van der Waals surface area contributed by atoms with Crippen LogP contribution in [0, 0.1) is 16.0 Å². The molecule has 1 radical (unpaired) electrons. The van der Waals surface area contributed by atoms with Gasteiger partial charge in [0, 0.05) is 23.1 Å². The van der Waals surface area contributed by atoms with Crippen molar-refractivity contribution in [3.63, 3.8) is 0 Å². The predicted octanol–water partition coefficient (Wildman–Crippen LogP) is 5.66. The second-order valence-corrected chi connectivity index (χ2v) is 6.67. The minimum atomic E-state index is -0.383. The second kappa shape index (κ2) is 8.69. The number of benzene rings is 3. The van der Waals surface area contributed by atoms with Crippen LogP contribution in [0.3, 0.4) is 0 Å². The van der Waals surface area contributed by atoms with Gasteiger partial charge in [0.25, 0.3) is 5.69 Å². The number of hydrogen-bond acceptors (Lipinski definition) is 3. The maximum absolute atomic E-state index is 10.9. The first kappa shape index (κ1) is 18.9. The highest BCUT2D eigenvalue weighted by Crippen LogP contribution is 2.27. The van der Waals surface area contributed by atoms with E-state index in [4.69, 9.17) is 16.3 Å². The monoisotopic (exact) mass is 380 g/mol. The predicted molar refractivity (Wildman–Crippen MR) is 107 cm³/mol. The molecule has 0 atom stereocenters. The maximum atomic E-state index is 10.9. The third kappa shape index (κ3) is 5.08. The average Bonchev–Trinajstić information content (AvgIpc) is 2.69. The van der Waals surface area contributed by atoms with Crippen molar-refractivity contribution in [2.75, 3.05) is 7.11 Å². The van der Waals surface area contributed by atoms with E-state index in [0.29, 0.717) is 11.4 Å². The topological polar surface area (TPSA) is 52.4 Å². The van der Waals surface area contributed by atoms with Crippen LogP contribution in [0.1, 0.15) is 16.7 Å². The Morgan fingerprint density at radius 2 is 1.41 bits per heavy atom. The van der Waals surface area contributed by atoms with E-state index >= 15 is 0 Å². The summed E-state index contributed by atoms with van der Waals surface area (Å²) in [5, 5.41) is 11.6. The van der Waals surface area contributed by atoms with Crippen molar-refractivity contribution < 1.29 is 9.66 Å². The fourth-order valence-corrected chi connectivity index (χ4v) is 3.05. The highest BCUT2D eigenvalue weighted by Gasteiger charge is 2.16. The largest absolute Gasteiger partial charge is 0.497 e. The van der Waals surface area contributed by atoms with Crippen molar-refractivity contribution in [1.82, 2.24) is 0 Å². The molecule has 5 heteroatoms. The number of rotatable bonds is 7. The summed E-state index contributed by atoms with van der Waals surface area (Å²) in [4.78, 5) is 10.5. The number of halogens is 1. The van der Waals surface area contributed by atoms with Gasteiger partial charge < -0.3 is 4.74 Å². The number of nitro groups is 1. The van der Waals surface area contributed by atoms with Crippen LogP contribution in [-0.4, -0.2) is 12.0 Å². The quantitative estimate of drug-likeness (QED) is 0.392. The molecule has 0 heterocycles. The van der Waals surface area contributed by atoms with E-state index < -0.39 is 0 Å². The number of ether oxygens (including phenoxy) is 1. The molecule has 0 N–H and O–H groups in total. The summed E-state index contributed by atoms with van der Waals surface area (Å²) >= 11 is 5.99. The minimum absolute atomic E-state index is 0.0995. The lowest BCUT2D eigenvalue weighted by atomic mass is 9.86. The van der Waals surface area contributed by atoms with E-state index in [2.05, 4.69) is 0 Å². The van der Waals surface area contributed by atoms with Crippen molar-refractivity contribution in [1.29, 1.82) is 0 Å². The van der Waals surface area contributed by atoms with E-state index in [1.54, 1.807) is 19.2 Å². The zero-order chi connectivity index (χ0) is 19.2. The number of methoxy groups -OCH3 is 1. The molecule has 0 aromatic heterocycles. The van der Waals surface area contributed by atoms with E-state index in [1.165, 1.54) is 5.92 Å². The van der Waals surface area contributed by atoms with Crippen LogP contribution in [0.2, 0.25) is 5.02 Å². The summed E-state index contributed by atoms with van der Waals surface area (Å²) in [7, 11) is 1.64. The SMILES string of the molecule is COc1ccc([C](Cc2ccc(Cl)cc2)Cc2ccc([N+](=O)[O-])cc2)cc1. The molecule has 0 bridgehead atoms. The first-order valence-corrected chi connectivity index (χ1v) is 8.90. The zero-order valence-corrected chi connectivity index (χ0v) is 15.6. The number of nitrogens with zero attached hydrogens (tertiary/aromatic N) is 1. The van der Waals surface area contributed by atoms with Gasteiger partial charge in [0.1, 0.15) is 5.75 Å². The van der Waals surface area contributed by atoms with Crippen molar-refractivity contribution in [3.05, 3.63) is 111 Å². The normalized spacial score (nSPS) is 10.8. The van der Waals surface area contributed by atoms with Gasteiger partial charge in [0.15, 0.2) is 0 Å². The molecular formula is C22H19ClNO3. The molecule has 0 fully saturated rings. The van der Waals surface area contributed by atoms with Gasteiger partial charge in [-0.05, 0) is 53.8 Å². The molecule has 0 spiro atoms. The first-order chi connectivity index (χ1) is 13.0. The van der Waals surface area contributed by atoms with Crippen LogP contribution < -0.4 is 4.74 Å². The van der Waals surface area contributed by atoms with E-state index in [1.807, 2.05) is 60.7 Å². The fraction of sp³-hybridized carbons (Fsp3) is 0.136. The molecule has 0 aliphatic rings. The second-order valence-electron chi connectivity index (χ2n) is 6.24. The summed E-state index contributed by atoms with van der Waals surface area (Å²) in [6.07, 6.45) is 1.47. The van der Waals surface area contributed by atoms with Crippen molar-refractivity contribution in [3.8, 4) is 5.75 Å². The average molecular weight is 381 g/mol. The molecule has 3 aromatic carbocycles. The fourth-order valence-electron chi connectivity index (χ4n) is 2.92. The Balaban J connectivity index is 1.85. The van der Waals surface area contributed by atoms with Gasteiger partial charge in [-0.2, -0.15) is 0 Å². The van der Waals surface area contributed by atoms with E-state index in [9.17, 15) is 10.1 Å². The number of non-ortho nitro benzene ring substituents is 1. The lowest BCUT2D eigenvalue weighted by molar-refractivity contribution is -0.384. The van der Waals surface area contributed by atoms with E-state index in [-0.39, 0.29) is 10.6 Å². The summed E-state index contributed by atoms with van der Waals surface area (Å²) in [5.74, 6) is 2.02. The number of hydrogen-bond donors (Lipinski definition) is 0. The lowest BCUT2D eigenvalue weighted by Gasteiger charge is -2.18. The summed E-state index contributed by atoms with van der Waals surface area (Å²) < 4.78 is 5.25. The molecule has 0 saturated heterocycles. The van der Waals surface area contributed by atoms with Gasteiger partial charge in [0.05, 0.1) is 12.0 Å². The van der Waals surface area contributed by atoms with Crippen LogP contribution in [0.5, 0.6) is 5.75 Å². The zero-order valence-electron chi connectivity index (χ0n) is 14.9. The maximum Gasteiger partial charge on any atom is 0.269 e. The van der Waals surface area contributed by atoms with Gasteiger partial charge in [-0.1, -0.05) is 48.0 Å². The molecule has 3 rings (SSSR count). The van der Waals surface area contributed by atoms with Crippen LogP contribution in [0.4, 0.5) is 5.69 Å². The molecular weight excluding hydrogens is 362 g/mol. The highest BCUT2D eigenvalue weighted by atomic mass is 35.5. The molecule has 3 aromatic rings. The highest BCUT2D eigenvalue weighted by molar-refractivity contribution is 6.30. The molecule has 4 nitrogen and oxygen atoms in total. The smallest absolute Gasteiger partial charge is 0.269 e. The summed E-state index contributed by atoms with van der Waals surface area (Å²) in [5.41, 5.74) is 3.40. The van der Waals surface area contributed by atoms with Crippen molar-refractivity contribution >= 4 is 17.3 Å². The van der Waals surface area contributed by atoms with Gasteiger partial charge in [0.2, 0.25) is 0 Å². The Morgan fingerprint density at radius 3 is 1.89 bits per heavy atom. The molecule has 0 saturated carbocycles. The van der Waals surface area contributed by atoms with Crippen molar-refractivity contribution in [2.24, 2.45) is 0 Å². The molecule has 0 unspecified atom stereocenters. The standard InChI is InChI=1S/C22H19ClNO3/c1-27-22-12-6-18(7-13-22)19(14-16-2-8-20(23)9-3-16)15-17-4-10-21(11-5-17)24(25)26/h2-13H,14-15H2,1H3. The molecule has 137 valence electrons. The lowest BCUT2D eigenvalue weighted by Crippen LogP contribution is -2.08. The third-order valence-corrected chi connectivity index (χ3v) is 4.65. The first-order valence-electron chi connectivity index (χ1n) is 8.52. The minimum Gasteiger partial charge on any atom is -0.497 e. The van der Waals surface area contributed by atoms with Gasteiger partial charge >= 0.3 is 0 Å². The Hall–Kier alpha value is -2.85. The van der Waals surface area contributed by atoms with Gasteiger partial charge in [-0.15, -0.1) is 0 Å². The van der Waals surface area contributed by atoms with Crippen LogP contribution >= 0.6 is 11.6 Å². The Bertz CT molecular complexity index is 890. The van der Waals surface area contributed by atoms with Crippen molar-refractivity contribution in [2.45, 2.75) is 12.8 Å². The summed E-state index contributed by atoms with van der Waals surface area (Å²) in [6.45, 7) is 0. The molecule has 0 amide bonds. The molecule has 27 heavy (non-hydrogen) atoms. The number of nitro benzene ring substituents is 1. The third-order valence-electron chi connectivity index (χ3n) is 4.39. The Labute approximate surface area is 163 Å². The Morgan fingerprint density at radius 1 is 0.889 bits per heavy atom. The van der Waals surface area contributed by atoms with Crippen LogP contribution in [0.25, 0.3) is 0 Å². The summed E-state index contributed by atoms with van der Waals surface area (Å²) in [6, 6.07) is 22.5. The van der Waals surface area contributed by atoms with Gasteiger partial charge in [-0.25, -0.2) is 0 Å². The molecule has 0 aliphatic heterocycles. The Kier molecular flexibility index (Phi) is 6.09. The van der Waals surface area contributed by atoms with E-state index in [0.717, 1.165) is 28.9 Å².